The third-order valence-corrected chi connectivity index (χ3v) is 6.43. The van der Waals surface area contributed by atoms with Gasteiger partial charge >= 0.3 is 0 Å². The number of hydrogen-bond acceptors (Lipinski definition) is 6. The van der Waals surface area contributed by atoms with Gasteiger partial charge in [-0.15, -0.1) is 0 Å². The molecule has 2 atom stereocenters. The lowest BCUT2D eigenvalue weighted by molar-refractivity contribution is -0.140. The highest BCUT2D eigenvalue weighted by Crippen LogP contribution is 2.13. The summed E-state index contributed by atoms with van der Waals surface area (Å²) >= 11 is 0. The smallest absolute Gasteiger partial charge is 0.289 e. The summed E-state index contributed by atoms with van der Waals surface area (Å²) in [7, 11) is -3.96. The van der Waals surface area contributed by atoms with Crippen LogP contribution >= 0.6 is 0 Å². The van der Waals surface area contributed by atoms with E-state index < -0.39 is 45.6 Å². The van der Waals surface area contributed by atoms with Gasteiger partial charge in [0.05, 0.1) is 11.4 Å². The summed E-state index contributed by atoms with van der Waals surface area (Å²) < 4.78 is 29.5. The summed E-state index contributed by atoms with van der Waals surface area (Å²) in [5.41, 5.74) is 0.682. The molecule has 3 rings (SSSR count). The molecule has 2 heterocycles. The number of sulfonamides is 1. The van der Waals surface area contributed by atoms with Gasteiger partial charge in [0.2, 0.25) is 21.7 Å². The van der Waals surface area contributed by atoms with Gasteiger partial charge in [0.25, 0.3) is 5.91 Å². The predicted molar refractivity (Wildman–Crippen MR) is 111 cm³/mol. The number of ketones is 1. The summed E-state index contributed by atoms with van der Waals surface area (Å²) in [6, 6.07) is 7.11. The first kappa shape index (κ1) is 22.6. The number of carbonyl (C=O) groups is 3. The highest BCUT2D eigenvalue weighted by molar-refractivity contribution is 7.89. The van der Waals surface area contributed by atoms with Crippen molar-refractivity contribution in [2.75, 3.05) is 6.54 Å². The molecule has 2 aromatic rings. The van der Waals surface area contributed by atoms with Crippen molar-refractivity contribution in [2.24, 2.45) is 5.92 Å². The Morgan fingerprint density at radius 3 is 2.58 bits per heavy atom. The zero-order chi connectivity index (χ0) is 22.6. The summed E-state index contributed by atoms with van der Waals surface area (Å²) in [5.74, 6) is -2.70. The molecule has 1 aliphatic rings. The Labute approximate surface area is 180 Å². The van der Waals surface area contributed by atoms with E-state index in [2.05, 4.69) is 20.5 Å². The van der Waals surface area contributed by atoms with E-state index in [0.29, 0.717) is 12.2 Å². The lowest BCUT2D eigenvalue weighted by Crippen LogP contribution is -2.55. The first-order valence-corrected chi connectivity index (χ1v) is 11.4. The topological polar surface area (TPSA) is 139 Å². The van der Waals surface area contributed by atoms with Gasteiger partial charge in [0.15, 0.2) is 0 Å². The van der Waals surface area contributed by atoms with Gasteiger partial charge < -0.3 is 10.6 Å². The second-order valence-electron chi connectivity index (χ2n) is 7.59. The van der Waals surface area contributed by atoms with E-state index in [1.54, 1.807) is 49.0 Å². The van der Waals surface area contributed by atoms with Crippen LogP contribution in [0.25, 0.3) is 0 Å². The average molecular weight is 448 g/mol. The zero-order valence-corrected chi connectivity index (χ0v) is 18.1. The largest absolute Gasteiger partial charge is 0.348 e. The van der Waals surface area contributed by atoms with Crippen LogP contribution < -0.4 is 15.4 Å². The molecule has 1 aliphatic heterocycles. The number of nitrogens with zero attached hydrogens (tertiary/aromatic N) is 2. The fourth-order valence-corrected chi connectivity index (χ4v) is 4.63. The number of Topliss-reactive ketones (excluding diaryl/α,β-unsaturated/α-hetero) is 1. The van der Waals surface area contributed by atoms with Crippen molar-refractivity contribution in [3.05, 3.63) is 48.3 Å². The maximum Gasteiger partial charge on any atom is 0.289 e. The van der Waals surface area contributed by atoms with Crippen LogP contribution in [0.4, 0.5) is 0 Å². The van der Waals surface area contributed by atoms with Gasteiger partial charge in [0, 0.05) is 24.9 Å². The first-order chi connectivity index (χ1) is 14.7. The molecule has 11 heteroatoms. The van der Waals surface area contributed by atoms with E-state index in [-0.39, 0.29) is 17.9 Å². The van der Waals surface area contributed by atoms with Crippen LogP contribution in [0, 0.1) is 5.92 Å². The number of amides is 2. The number of benzene rings is 1. The Kier molecular flexibility index (Phi) is 6.86. The lowest BCUT2D eigenvalue weighted by atomic mass is 10.0. The van der Waals surface area contributed by atoms with Crippen molar-refractivity contribution in [1.29, 1.82) is 0 Å². The van der Waals surface area contributed by atoms with Gasteiger partial charge in [0.1, 0.15) is 12.1 Å². The predicted octanol–water partition coefficient (Wildman–Crippen LogP) is -0.388. The van der Waals surface area contributed by atoms with E-state index in [1.807, 2.05) is 0 Å². The highest BCUT2D eigenvalue weighted by Gasteiger charge is 2.34. The van der Waals surface area contributed by atoms with Crippen molar-refractivity contribution < 1.29 is 22.8 Å². The van der Waals surface area contributed by atoms with Gasteiger partial charge in [-0.2, -0.15) is 9.82 Å². The number of nitrogens with one attached hydrogen (secondary N) is 3. The van der Waals surface area contributed by atoms with Crippen molar-refractivity contribution in [1.82, 2.24) is 25.1 Å². The zero-order valence-electron chi connectivity index (χ0n) is 17.2. The molecule has 0 fully saturated rings. The minimum Gasteiger partial charge on any atom is -0.348 e. The van der Waals surface area contributed by atoms with Crippen LogP contribution in [0.15, 0.2) is 47.5 Å². The van der Waals surface area contributed by atoms with Crippen LogP contribution in [0.5, 0.6) is 0 Å². The Morgan fingerprint density at radius 1 is 1.19 bits per heavy atom. The van der Waals surface area contributed by atoms with E-state index >= 15 is 0 Å². The van der Waals surface area contributed by atoms with Crippen LogP contribution in [0.2, 0.25) is 0 Å². The molecule has 1 aromatic heterocycles. The molecule has 166 valence electrons. The monoisotopic (exact) mass is 447 g/mol. The number of hydrogen-bond donors (Lipinski definition) is 3. The summed E-state index contributed by atoms with van der Waals surface area (Å²) in [4.78, 5) is 37.8. The Balaban J connectivity index is 1.82. The quantitative estimate of drug-likeness (QED) is 0.516. The first-order valence-electron chi connectivity index (χ1n) is 9.89. The maximum absolute atomic E-state index is 13.0. The minimum atomic E-state index is -3.96. The van der Waals surface area contributed by atoms with Crippen LogP contribution in [-0.4, -0.2) is 54.4 Å². The standard InChI is InChI=1S/C20H25N5O5S/c1-13(2)17(24-31(29,30)15-6-4-3-5-7-15)19(27)23-16-12-14-8-9-22-25(14)11-10-21-20(28)18(16)26/h3-9,13,16-17,24H,10-12H2,1-2H3,(H,21,28)(H,23,27). The van der Waals surface area contributed by atoms with Crippen LogP contribution in [-0.2, 0) is 37.4 Å². The van der Waals surface area contributed by atoms with Gasteiger partial charge in [-0.3, -0.25) is 19.1 Å². The molecule has 31 heavy (non-hydrogen) atoms. The second-order valence-corrected chi connectivity index (χ2v) is 9.30. The molecule has 2 unspecified atom stereocenters. The van der Waals surface area contributed by atoms with Gasteiger partial charge in [-0.1, -0.05) is 32.0 Å². The molecule has 1 aromatic carbocycles. The van der Waals surface area contributed by atoms with Gasteiger partial charge in [-0.25, -0.2) is 8.42 Å². The average Bonchev–Trinajstić information content (AvgIpc) is 3.18. The highest BCUT2D eigenvalue weighted by atomic mass is 32.2. The molecule has 0 aliphatic carbocycles. The number of rotatable bonds is 6. The molecule has 10 nitrogen and oxygen atoms in total. The third-order valence-electron chi connectivity index (χ3n) is 4.97. The second kappa shape index (κ2) is 9.40. The Bertz CT molecular complexity index is 1060. The van der Waals surface area contributed by atoms with E-state index in [9.17, 15) is 22.8 Å². The summed E-state index contributed by atoms with van der Waals surface area (Å²) in [6.07, 6.45) is 1.64. The molecule has 0 radical (unpaired) electrons. The third kappa shape index (κ3) is 5.36. The normalized spacial score (nSPS) is 18.4. The number of fused-ring (bicyclic) bond motifs is 1. The fourth-order valence-electron chi connectivity index (χ4n) is 3.26. The van der Waals surface area contributed by atoms with Crippen molar-refractivity contribution >= 4 is 27.6 Å². The van der Waals surface area contributed by atoms with Gasteiger partial charge in [-0.05, 0) is 24.1 Å². The SMILES string of the molecule is CC(C)C(NS(=O)(=O)c1ccccc1)C(=O)NC1Cc2ccnn2CCNC(=O)C1=O. The Morgan fingerprint density at radius 2 is 1.90 bits per heavy atom. The Hall–Kier alpha value is -3.05. The number of aromatic nitrogens is 2. The molecular weight excluding hydrogens is 422 g/mol. The van der Waals surface area contributed by atoms with E-state index in [0.717, 1.165) is 0 Å². The molecule has 0 spiro atoms. The van der Waals surface area contributed by atoms with Crippen molar-refractivity contribution in [3.63, 3.8) is 0 Å². The van der Waals surface area contributed by atoms with Crippen molar-refractivity contribution in [2.45, 2.75) is 43.8 Å². The summed E-state index contributed by atoms with van der Waals surface area (Å²) in [6.45, 7) is 3.99. The van der Waals surface area contributed by atoms with Crippen molar-refractivity contribution in [3.8, 4) is 0 Å². The summed E-state index contributed by atoms with van der Waals surface area (Å²) in [5, 5.41) is 9.23. The molecule has 0 saturated heterocycles. The molecule has 3 N–H and O–H groups in total. The van der Waals surface area contributed by atoms with E-state index in [4.69, 9.17) is 0 Å². The molecule has 0 saturated carbocycles. The van der Waals surface area contributed by atoms with E-state index in [1.165, 1.54) is 12.1 Å². The minimum absolute atomic E-state index is 0.0234. The molecule has 2 amide bonds. The van der Waals surface area contributed by atoms with Crippen LogP contribution in [0.1, 0.15) is 19.5 Å². The van der Waals surface area contributed by atoms with Crippen LogP contribution in [0.3, 0.4) is 0 Å². The maximum atomic E-state index is 13.0. The lowest BCUT2D eigenvalue weighted by Gasteiger charge is -2.24. The fraction of sp³-hybridized carbons (Fsp3) is 0.400. The number of carbonyl (C=O) groups excluding carboxylic acids is 3. The molecule has 0 bridgehead atoms. The molecular formula is C20H25N5O5S.